The fraction of sp³-hybridized carbons (Fsp3) is 0.900. The molecule has 0 heterocycles. The van der Waals surface area contributed by atoms with Crippen LogP contribution in [0.1, 0.15) is 19.3 Å². The second kappa shape index (κ2) is 5.32. The molecule has 1 aliphatic rings. The lowest BCUT2D eigenvalue weighted by molar-refractivity contribution is -0.137. The number of carbonyl (C=O) groups is 1. The number of nitrogens with zero attached hydrogens (tertiary/aromatic N) is 1. The molecule has 4 nitrogen and oxygen atoms in total. The van der Waals surface area contributed by atoms with Gasteiger partial charge in [-0.2, -0.15) is 0 Å². The fourth-order valence-corrected chi connectivity index (χ4v) is 1.71. The standard InChI is InChI=1S/C10H19NO3/c1-11(6-5-10(12)13)9(7-14-2)8-3-4-8/h8-9H,3-7H2,1-2H3,(H,12,13). The van der Waals surface area contributed by atoms with Gasteiger partial charge in [-0.05, 0) is 25.8 Å². The van der Waals surface area contributed by atoms with Gasteiger partial charge in [0.15, 0.2) is 0 Å². The van der Waals surface area contributed by atoms with Crippen LogP contribution in [0.4, 0.5) is 0 Å². The molecule has 0 aromatic rings. The molecule has 0 amide bonds. The third kappa shape index (κ3) is 3.64. The Morgan fingerprint density at radius 2 is 2.29 bits per heavy atom. The largest absolute Gasteiger partial charge is 0.481 e. The number of aliphatic carboxylic acids is 1. The van der Waals surface area contributed by atoms with E-state index in [-0.39, 0.29) is 6.42 Å². The Bertz CT molecular complexity index is 192. The SMILES string of the molecule is COCC(C1CC1)N(C)CCC(=O)O. The topological polar surface area (TPSA) is 49.8 Å². The van der Waals surface area contributed by atoms with Crippen LogP contribution < -0.4 is 0 Å². The highest BCUT2D eigenvalue weighted by Crippen LogP contribution is 2.35. The van der Waals surface area contributed by atoms with Crippen LogP contribution in [0.5, 0.6) is 0 Å². The molecule has 1 fully saturated rings. The summed E-state index contributed by atoms with van der Waals surface area (Å²) in [7, 11) is 3.67. The van der Waals surface area contributed by atoms with Crippen LogP contribution in [0.25, 0.3) is 0 Å². The third-order valence-corrected chi connectivity index (χ3v) is 2.75. The molecule has 0 bridgehead atoms. The van der Waals surface area contributed by atoms with Crippen molar-refractivity contribution >= 4 is 5.97 Å². The number of carboxylic acids is 1. The van der Waals surface area contributed by atoms with Gasteiger partial charge in [0.1, 0.15) is 0 Å². The first-order chi connectivity index (χ1) is 6.65. The van der Waals surface area contributed by atoms with Gasteiger partial charge < -0.3 is 14.7 Å². The van der Waals surface area contributed by atoms with Gasteiger partial charge in [0, 0.05) is 19.7 Å². The summed E-state index contributed by atoms with van der Waals surface area (Å²) in [6.07, 6.45) is 2.72. The van der Waals surface area contributed by atoms with Gasteiger partial charge in [0.2, 0.25) is 0 Å². The molecular formula is C10H19NO3. The summed E-state index contributed by atoms with van der Waals surface area (Å²) in [6, 6.07) is 0.402. The molecule has 1 N–H and O–H groups in total. The van der Waals surface area contributed by atoms with Crippen LogP contribution in [0.3, 0.4) is 0 Å². The number of carboxylic acid groups (broad SMARTS) is 1. The summed E-state index contributed by atoms with van der Waals surface area (Å²) in [5, 5.41) is 8.57. The number of rotatable bonds is 7. The van der Waals surface area contributed by atoms with Gasteiger partial charge >= 0.3 is 5.97 Å². The average molecular weight is 201 g/mol. The van der Waals surface area contributed by atoms with Crippen molar-refractivity contribution in [2.24, 2.45) is 5.92 Å². The lowest BCUT2D eigenvalue weighted by atomic mass is 10.1. The molecule has 1 aliphatic carbocycles. The van der Waals surface area contributed by atoms with Crippen molar-refractivity contribution < 1.29 is 14.6 Å². The predicted molar refractivity (Wildman–Crippen MR) is 53.3 cm³/mol. The zero-order chi connectivity index (χ0) is 10.6. The van der Waals surface area contributed by atoms with E-state index in [1.807, 2.05) is 7.05 Å². The zero-order valence-corrected chi connectivity index (χ0v) is 8.90. The van der Waals surface area contributed by atoms with E-state index in [9.17, 15) is 4.79 Å². The van der Waals surface area contributed by atoms with Gasteiger partial charge in [-0.25, -0.2) is 0 Å². The first kappa shape index (κ1) is 11.5. The van der Waals surface area contributed by atoms with Gasteiger partial charge in [0.25, 0.3) is 0 Å². The van der Waals surface area contributed by atoms with E-state index in [0.717, 1.165) is 0 Å². The predicted octanol–water partition coefficient (Wildman–Crippen LogP) is 0.818. The Morgan fingerprint density at radius 3 is 2.71 bits per heavy atom. The summed E-state index contributed by atoms with van der Waals surface area (Å²) in [5.41, 5.74) is 0. The van der Waals surface area contributed by atoms with Gasteiger partial charge in [-0.1, -0.05) is 0 Å². The first-order valence-corrected chi connectivity index (χ1v) is 5.06. The lowest BCUT2D eigenvalue weighted by Crippen LogP contribution is -2.38. The number of likely N-dealkylation sites (N-methyl/N-ethyl adjacent to an activating group) is 1. The summed E-state index contributed by atoms with van der Waals surface area (Å²) in [4.78, 5) is 12.5. The van der Waals surface area contributed by atoms with E-state index in [0.29, 0.717) is 25.1 Å². The number of hydrogen-bond acceptors (Lipinski definition) is 3. The van der Waals surface area contributed by atoms with Gasteiger partial charge in [-0.3, -0.25) is 4.79 Å². The number of hydrogen-bond donors (Lipinski definition) is 1. The van der Waals surface area contributed by atoms with Crippen molar-refractivity contribution in [2.75, 3.05) is 27.3 Å². The van der Waals surface area contributed by atoms with Crippen molar-refractivity contribution in [1.82, 2.24) is 4.90 Å². The summed E-state index contributed by atoms with van der Waals surface area (Å²) >= 11 is 0. The maximum atomic E-state index is 10.4. The minimum absolute atomic E-state index is 0.212. The molecule has 82 valence electrons. The molecule has 0 aromatic heterocycles. The lowest BCUT2D eigenvalue weighted by Gasteiger charge is -2.26. The highest BCUT2D eigenvalue weighted by molar-refractivity contribution is 5.66. The Morgan fingerprint density at radius 1 is 1.64 bits per heavy atom. The second-order valence-electron chi connectivity index (χ2n) is 3.98. The van der Waals surface area contributed by atoms with Crippen molar-refractivity contribution in [3.63, 3.8) is 0 Å². The molecule has 1 atom stereocenters. The zero-order valence-electron chi connectivity index (χ0n) is 8.90. The number of ether oxygens (including phenoxy) is 1. The monoisotopic (exact) mass is 201 g/mol. The van der Waals surface area contributed by atoms with Crippen LogP contribution in [-0.4, -0.2) is 49.3 Å². The van der Waals surface area contributed by atoms with Crippen LogP contribution >= 0.6 is 0 Å². The molecule has 4 heteroatoms. The summed E-state index contributed by atoms with van der Waals surface area (Å²) in [6.45, 7) is 1.32. The van der Waals surface area contributed by atoms with Crippen molar-refractivity contribution in [3.05, 3.63) is 0 Å². The van der Waals surface area contributed by atoms with Crippen molar-refractivity contribution in [2.45, 2.75) is 25.3 Å². The van der Waals surface area contributed by atoms with E-state index in [1.54, 1.807) is 7.11 Å². The van der Waals surface area contributed by atoms with Crippen LogP contribution in [0, 0.1) is 5.92 Å². The molecule has 1 rings (SSSR count). The van der Waals surface area contributed by atoms with Crippen molar-refractivity contribution in [1.29, 1.82) is 0 Å². The third-order valence-electron chi connectivity index (χ3n) is 2.75. The summed E-state index contributed by atoms with van der Waals surface area (Å²) < 4.78 is 5.14. The first-order valence-electron chi connectivity index (χ1n) is 5.06. The molecule has 0 aromatic carbocycles. The van der Waals surface area contributed by atoms with Gasteiger partial charge in [0.05, 0.1) is 13.0 Å². The highest BCUT2D eigenvalue weighted by Gasteiger charge is 2.33. The van der Waals surface area contributed by atoms with E-state index in [4.69, 9.17) is 9.84 Å². The van der Waals surface area contributed by atoms with Gasteiger partial charge in [-0.15, -0.1) is 0 Å². The Labute approximate surface area is 84.8 Å². The van der Waals surface area contributed by atoms with Crippen LogP contribution in [-0.2, 0) is 9.53 Å². The molecule has 0 saturated heterocycles. The Hall–Kier alpha value is -0.610. The highest BCUT2D eigenvalue weighted by atomic mass is 16.5. The molecule has 0 aliphatic heterocycles. The second-order valence-corrected chi connectivity index (χ2v) is 3.98. The minimum Gasteiger partial charge on any atom is -0.481 e. The van der Waals surface area contributed by atoms with E-state index < -0.39 is 5.97 Å². The van der Waals surface area contributed by atoms with E-state index in [1.165, 1.54) is 12.8 Å². The Balaban J connectivity index is 2.29. The normalized spacial score (nSPS) is 18.5. The van der Waals surface area contributed by atoms with E-state index >= 15 is 0 Å². The number of methoxy groups -OCH3 is 1. The van der Waals surface area contributed by atoms with E-state index in [2.05, 4.69) is 4.90 Å². The molecule has 0 radical (unpaired) electrons. The van der Waals surface area contributed by atoms with Crippen LogP contribution in [0.2, 0.25) is 0 Å². The molecule has 14 heavy (non-hydrogen) atoms. The Kier molecular flexibility index (Phi) is 4.35. The molecular weight excluding hydrogens is 182 g/mol. The smallest absolute Gasteiger partial charge is 0.304 e. The maximum absolute atomic E-state index is 10.4. The van der Waals surface area contributed by atoms with Crippen LogP contribution in [0.15, 0.2) is 0 Å². The minimum atomic E-state index is -0.733. The van der Waals surface area contributed by atoms with Crippen molar-refractivity contribution in [3.8, 4) is 0 Å². The molecule has 1 unspecified atom stereocenters. The average Bonchev–Trinajstić information content (AvgIpc) is 2.93. The maximum Gasteiger partial charge on any atom is 0.304 e. The molecule has 0 spiro atoms. The summed E-state index contributed by atoms with van der Waals surface area (Å²) in [5.74, 6) is -0.0161. The fourth-order valence-electron chi connectivity index (χ4n) is 1.71. The quantitative estimate of drug-likeness (QED) is 0.662. The molecule has 1 saturated carbocycles.